The number of H-pyrrole nitrogens is 1. The van der Waals surface area contributed by atoms with Crippen LogP contribution in [0.15, 0.2) is 48.9 Å². The second-order valence-electron chi connectivity index (χ2n) is 6.20. The van der Waals surface area contributed by atoms with E-state index in [1.54, 1.807) is 24.5 Å². The van der Waals surface area contributed by atoms with Crippen LogP contribution >= 0.6 is 0 Å². The van der Waals surface area contributed by atoms with Crippen LogP contribution in [0.4, 0.5) is 4.39 Å². The van der Waals surface area contributed by atoms with Gasteiger partial charge in [0.15, 0.2) is 0 Å². The molecule has 1 N–H and O–H groups in total. The zero-order valence-corrected chi connectivity index (χ0v) is 13.6. The van der Waals surface area contributed by atoms with E-state index in [0.29, 0.717) is 24.3 Å². The summed E-state index contributed by atoms with van der Waals surface area (Å²) in [6, 6.07) is 8.11. The molecule has 25 heavy (non-hydrogen) atoms. The fourth-order valence-corrected chi connectivity index (χ4v) is 3.31. The average Bonchev–Trinajstić information content (AvgIpc) is 3.34. The number of piperidine rings is 1. The fourth-order valence-electron chi connectivity index (χ4n) is 3.31. The van der Waals surface area contributed by atoms with Crippen LogP contribution in [0.1, 0.15) is 29.2 Å². The van der Waals surface area contributed by atoms with Gasteiger partial charge in [0, 0.05) is 31.0 Å². The lowest BCUT2D eigenvalue weighted by Gasteiger charge is -2.32. The van der Waals surface area contributed by atoms with Crippen LogP contribution in [-0.4, -0.2) is 43.9 Å². The second-order valence-corrected chi connectivity index (χ2v) is 6.20. The van der Waals surface area contributed by atoms with Crippen LogP contribution in [0, 0.1) is 5.82 Å². The molecule has 128 valence electrons. The zero-order valence-electron chi connectivity index (χ0n) is 13.6. The van der Waals surface area contributed by atoms with Gasteiger partial charge in [0.2, 0.25) is 0 Å². The summed E-state index contributed by atoms with van der Waals surface area (Å²) < 4.78 is 15.1. The third kappa shape index (κ3) is 3.05. The van der Waals surface area contributed by atoms with Crippen LogP contribution in [0.5, 0.6) is 0 Å². The van der Waals surface area contributed by atoms with Gasteiger partial charge in [-0.1, -0.05) is 0 Å². The minimum absolute atomic E-state index is 0.0649. The van der Waals surface area contributed by atoms with Gasteiger partial charge in [0.05, 0.1) is 23.5 Å². The summed E-state index contributed by atoms with van der Waals surface area (Å²) in [4.78, 5) is 14.8. The molecule has 1 atom stereocenters. The SMILES string of the molecule is O=C(c1cn[nH]c1-c1ccc(F)cc1)N1CCC[C@@H](n2cccn2)C1. The van der Waals surface area contributed by atoms with Gasteiger partial charge in [-0.3, -0.25) is 14.6 Å². The standard InChI is InChI=1S/C18H18FN5O/c19-14-6-4-13(5-7-14)17-16(11-20-22-17)18(25)23-9-1-3-15(12-23)24-10-2-8-21-24/h2,4-8,10-11,15H,1,3,9,12H2,(H,20,22)/t15-/m1/s1. The smallest absolute Gasteiger partial charge is 0.257 e. The van der Waals surface area contributed by atoms with Crippen LogP contribution in [0.3, 0.4) is 0 Å². The number of amides is 1. The van der Waals surface area contributed by atoms with Gasteiger partial charge in [-0.25, -0.2) is 4.39 Å². The molecule has 1 saturated heterocycles. The highest BCUT2D eigenvalue weighted by atomic mass is 19.1. The van der Waals surface area contributed by atoms with Crippen molar-refractivity contribution in [3.05, 3.63) is 60.3 Å². The topological polar surface area (TPSA) is 66.8 Å². The Bertz CT molecular complexity index is 856. The molecule has 0 radical (unpaired) electrons. The Hall–Kier alpha value is -2.96. The molecule has 0 spiro atoms. The summed E-state index contributed by atoms with van der Waals surface area (Å²) in [5, 5.41) is 11.2. The molecule has 1 aliphatic heterocycles. The minimum Gasteiger partial charge on any atom is -0.336 e. The number of aromatic amines is 1. The van der Waals surface area contributed by atoms with Crippen LogP contribution in [0.25, 0.3) is 11.3 Å². The molecule has 7 heteroatoms. The van der Waals surface area contributed by atoms with E-state index in [-0.39, 0.29) is 17.8 Å². The Morgan fingerprint density at radius 3 is 2.88 bits per heavy atom. The van der Waals surface area contributed by atoms with Crippen molar-refractivity contribution in [2.24, 2.45) is 0 Å². The number of carbonyl (C=O) groups is 1. The Kier molecular flexibility index (Phi) is 4.05. The molecule has 6 nitrogen and oxygen atoms in total. The van der Waals surface area contributed by atoms with E-state index < -0.39 is 0 Å². The zero-order chi connectivity index (χ0) is 17.2. The fraction of sp³-hybridized carbons (Fsp3) is 0.278. The Morgan fingerprint density at radius 2 is 2.12 bits per heavy atom. The summed E-state index contributed by atoms with van der Waals surface area (Å²) in [5.41, 5.74) is 1.86. The van der Waals surface area contributed by atoms with Gasteiger partial charge in [-0.2, -0.15) is 10.2 Å². The van der Waals surface area contributed by atoms with Gasteiger partial charge >= 0.3 is 0 Å². The average molecular weight is 339 g/mol. The molecular formula is C18H18FN5O. The molecule has 1 aromatic carbocycles. The summed E-state index contributed by atoms with van der Waals surface area (Å²) in [6.07, 6.45) is 7.16. The summed E-state index contributed by atoms with van der Waals surface area (Å²) in [6.45, 7) is 1.33. The Labute approximate surface area is 144 Å². The van der Waals surface area contributed by atoms with E-state index in [9.17, 15) is 9.18 Å². The third-order valence-corrected chi connectivity index (χ3v) is 4.59. The normalized spacial score (nSPS) is 17.6. The molecule has 2 aromatic heterocycles. The van der Waals surface area contributed by atoms with Crippen molar-refractivity contribution in [1.82, 2.24) is 24.9 Å². The van der Waals surface area contributed by atoms with Crippen molar-refractivity contribution in [3.8, 4) is 11.3 Å². The van der Waals surface area contributed by atoms with E-state index in [0.717, 1.165) is 18.4 Å². The molecule has 0 saturated carbocycles. The summed E-state index contributed by atoms with van der Waals surface area (Å²) in [5.74, 6) is -0.376. The number of halogens is 1. The van der Waals surface area contributed by atoms with E-state index in [1.807, 2.05) is 21.8 Å². The summed E-state index contributed by atoms with van der Waals surface area (Å²) >= 11 is 0. The number of likely N-dealkylation sites (tertiary alicyclic amines) is 1. The number of nitrogens with one attached hydrogen (secondary N) is 1. The number of benzene rings is 1. The molecule has 0 bridgehead atoms. The van der Waals surface area contributed by atoms with Gasteiger partial charge < -0.3 is 4.90 Å². The highest BCUT2D eigenvalue weighted by Gasteiger charge is 2.28. The molecule has 1 aliphatic rings. The quantitative estimate of drug-likeness (QED) is 0.798. The van der Waals surface area contributed by atoms with Crippen molar-refractivity contribution in [3.63, 3.8) is 0 Å². The van der Waals surface area contributed by atoms with Crippen molar-refractivity contribution in [1.29, 1.82) is 0 Å². The number of aromatic nitrogens is 4. The molecule has 0 aliphatic carbocycles. The molecule has 3 heterocycles. The lowest BCUT2D eigenvalue weighted by atomic mass is 10.0. The maximum Gasteiger partial charge on any atom is 0.257 e. The largest absolute Gasteiger partial charge is 0.336 e. The third-order valence-electron chi connectivity index (χ3n) is 4.59. The maximum atomic E-state index is 13.1. The van der Waals surface area contributed by atoms with Crippen LogP contribution in [0.2, 0.25) is 0 Å². The number of rotatable bonds is 3. The van der Waals surface area contributed by atoms with Crippen molar-refractivity contribution >= 4 is 5.91 Å². The van der Waals surface area contributed by atoms with Gasteiger partial charge in [-0.15, -0.1) is 0 Å². The first-order valence-electron chi connectivity index (χ1n) is 8.30. The highest BCUT2D eigenvalue weighted by molar-refractivity contribution is 5.99. The minimum atomic E-state index is -0.311. The first kappa shape index (κ1) is 15.6. The van der Waals surface area contributed by atoms with E-state index in [1.165, 1.54) is 12.1 Å². The van der Waals surface area contributed by atoms with Crippen LogP contribution in [-0.2, 0) is 0 Å². The monoisotopic (exact) mass is 339 g/mol. The molecule has 1 amide bonds. The van der Waals surface area contributed by atoms with Crippen molar-refractivity contribution in [2.45, 2.75) is 18.9 Å². The van der Waals surface area contributed by atoms with Crippen molar-refractivity contribution in [2.75, 3.05) is 13.1 Å². The lowest BCUT2D eigenvalue weighted by molar-refractivity contribution is 0.0674. The predicted octanol–water partition coefficient (Wildman–Crippen LogP) is 2.89. The predicted molar refractivity (Wildman–Crippen MR) is 90.4 cm³/mol. The first-order valence-corrected chi connectivity index (χ1v) is 8.30. The number of hydrogen-bond acceptors (Lipinski definition) is 3. The Balaban J connectivity index is 1.57. The van der Waals surface area contributed by atoms with Gasteiger partial charge in [0.25, 0.3) is 5.91 Å². The number of nitrogens with zero attached hydrogens (tertiary/aromatic N) is 4. The van der Waals surface area contributed by atoms with Gasteiger partial charge in [-0.05, 0) is 43.2 Å². The van der Waals surface area contributed by atoms with Crippen LogP contribution < -0.4 is 0 Å². The lowest BCUT2D eigenvalue weighted by Crippen LogP contribution is -2.40. The second kappa shape index (κ2) is 6.51. The number of hydrogen-bond donors (Lipinski definition) is 1. The van der Waals surface area contributed by atoms with Gasteiger partial charge in [0.1, 0.15) is 5.82 Å². The summed E-state index contributed by atoms with van der Waals surface area (Å²) in [7, 11) is 0. The maximum absolute atomic E-state index is 13.1. The molecule has 3 aromatic rings. The first-order chi connectivity index (χ1) is 12.2. The van der Waals surface area contributed by atoms with E-state index in [4.69, 9.17) is 0 Å². The highest BCUT2D eigenvalue weighted by Crippen LogP contribution is 2.26. The van der Waals surface area contributed by atoms with Crippen molar-refractivity contribution < 1.29 is 9.18 Å². The number of carbonyl (C=O) groups excluding carboxylic acids is 1. The molecule has 4 rings (SSSR count). The van der Waals surface area contributed by atoms with E-state index >= 15 is 0 Å². The molecule has 1 fully saturated rings. The Morgan fingerprint density at radius 1 is 1.28 bits per heavy atom. The molecule has 0 unspecified atom stereocenters. The van der Waals surface area contributed by atoms with E-state index in [2.05, 4.69) is 15.3 Å². The molecular weight excluding hydrogens is 321 g/mol.